The number of nitrogen functional groups attached to an aromatic ring is 1. The van der Waals surface area contributed by atoms with Crippen molar-refractivity contribution in [3.63, 3.8) is 0 Å². The van der Waals surface area contributed by atoms with Gasteiger partial charge >= 0.3 is 5.97 Å². The van der Waals surface area contributed by atoms with Crippen LogP contribution in [0, 0.1) is 5.82 Å². The summed E-state index contributed by atoms with van der Waals surface area (Å²) in [6.07, 6.45) is 4.41. The zero-order valence-corrected chi connectivity index (χ0v) is 12.9. The first kappa shape index (κ1) is 16.3. The van der Waals surface area contributed by atoms with Gasteiger partial charge in [-0.1, -0.05) is 6.07 Å². The summed E-state index contributed by atoms with van der Waals surface area (Å²) in [5.74, 6) is -1.82. The predicted molar refractivity (Wildman–Crippen MR) is 86.0 cm³/mol. The summed E-state index contributed by atoms with van der Waals surface area (Å²) in [5.41, 5.74) is 6.96. The van der Waals surface area contributed by atoms with Crippen LogP contribution in [0.1, 0.15) is 47.7 Å². The average molecular weight is 331 g/mol. The van der Waals surface area contributed by atoms with Gasteiger partial charge in [-0.25, -0.2) is 19.2 Å². The van der Waals surface area contributed by atoms with Crippen molar-refractivity contribution in [3.05, 3.63) is 41.5 Å². The van der Waals surface area contributed by atoms with Crippen molar-refractivity contribution < 1.29 is 19.4 Å². The van der Waals surface area contributed by atoms with Gasteiger partial charge in [-0.2, -0.15) is 0 Å². The van der Waals surface area contributed by atoms with Crippen molar-refractivity contribution in [2.45, 2.75) is 37.7 Å². The van der Waals surface area contributed by atoms with Crippen LogP contribution in [0.3, 0.4) is 0 Å². The fraction of sp³-hybridized carbons (Fsp3) is 0.353. The number of carboxylic acids is 1. The molecule has 0 atom stereocenters. The quantitative estimate of drug-likeness (QED) is 0.797. The number of aliphatic hydroxyl groups is 1. The lowest BCUT2D eigenvalue weighted by Gasteiger charge is -2.25. The first-order chi connectivity index (χ1) is 11.5. The van der Waals surface area contributed by atoms with Crippen LogP contribution >= 0.6 is 0 Å². The lowest BCUT2D eigenvalue weighted by atomic mass is 9.85. The standard InChI is InChI=1S/C17H18FN3O3/c18-13-7-10(3-6-12(13)17(23)24)15-16(19)20-8-14(21-15)9-1-4-11(22)5-2-9/h3,6-9,11,22H,1-2,4-5H2,(H2,19,20)(H,23,24)/t9-,11-. The molecule has 1 aromatic carbocycles. The molecule has 0 bridgehead atoms. The number of rotatable bonds is 3. The zero-order chi connectivity index (χ0) is 17.3. The number of aromatic nitrogens is 2. The minimum Gasteiger partial charge on any atom is -0.478 e. The predicted octanol–water partition coefficient (Wildman–Crippen LogP) is 2.58. The van der Waals surface area contributed by atoms with Gasteiger partial charge in [-0.3, -0.25) is 0 Å². The Morgan fingerprint density at radius 1 is 1.25 bits per heavy atom. The topological polar surface area (TPSA) is 109 Å². The van der Waals surface area contributed by atoms with Gasteiger partial charge in [0.25, 0.3) is 0 Å². The molecule has 0 radical (unpaired) electrons. The van der Waals surface area contributed by atoms with Gasteiger partial charge in [-0.15, -0.1) is 0 Å². The molecule has 6 nitrogen and oxygen atoms in total. The van der Waals surface area contributed by atoms with Crippen LogP contribution in [0.15, 0.2) is 24.4 Å². The number of benzene rings is 1. The molecular weight excluding hydrogens is 313 g/mol. The summed E-state index contributed by atoms with van der Waals surface area (Å²) in [6, 6.07) is 3.78. The fourth-order valence-electron chi connectivity index (χ4n) is 3.03. The molecule has 126 valence electrons. The second-order valence-electron chi connectivity index (χ2n) is 6.03. The van der Waals surface area contributed by atoms with Crippen molar-refractivity contribution in [1.29, 1.82) is 0 Å². The van der Waals surface area contributed by atoms with Crippen molar-refractivity contribution in [2.75, 3.05) is 5.73 Å². The number of carbonyl (C=O) groups is 1. The molecule has 1 aromatic heterocycles. The normalized spacial score (nSPS) is 20.8. The van der Waals surface area contributed by atoms with Gasteiger partial charge in [0, 0.05) is 11.5 Å². The van der Waals surface area contributed by atoms with E-state index in [2.05, 4.69) is 9.97 Å². The molecule has 1 aliphatic rings. The SMILES string of the molecule is Nc1ncc([C@H]2CC[C@H](O)CC2)nc1-c1ccc(C(=O)O)c(F)c1. The summed E-state index contributed by atoms with van der Waals surface area (Å²) in [6.45, 7) is 0. The maximum Gasteiger partial charge on any atom is 0.338 e. The molecule has 3 rings (SSSR count). The number of halogens is 1. The van der Waals surface area contributed by atoms with E-state index in [0.29, 0.717) is 24.1 Å². The summed E-state index contributed by atoms with van der Waals surface area (Å²) in [5, 5.41) is 18.5. The molecule has 0 aliphatic heterocycles. The Bertz CT molecular complexity index is 774. The summed E-state index contributed by atoms with van der Waals surface area (Å²) in [7, 11) is 0. The highest BCUT2D eigenvalue weighted by molar-refractivity contribution is 5.88. The van der Waals surface area contributed by atoms with Gasteiger partial charge in [0.05, 0.1) is 23.6 Å². The fourth-order valence-corrected chi connectivity index (χ4v) is 3.03. The lowest BCUT2D eigenvalue weighted by Crippen LogP contribution is -2.18. The first-order valence-electron chi connectivity index (χ1n) is 7.79. The van der Waals surface area contributed by atoms with Crippen molar-refractivity contribution in [1.82, 2.24) is 9.97 Å². The molecule has 1 aliphatic carbocycles. The third kappa shape index (κ3) is 3.21. The highest BCUT2D eigenvalue weighted by Crippen LogP contribution is 2.33. The summed E-state index contributed by atoms with van der Waals surface area (Å²) in [4.78, 5) is 19.6. The van der Waals surface area contributed by atoms with Crippen LogP contribution in [0.5, 0.6) is 0 Å². The number of nitrogens with two attached hydrogens (primary N) is 1. The highest BCUT2D eigenvalue weighted by Gasteiger charge is 2.23. The van der Waals surface area contributed by atoms with E-state index >= 15 is 0 Å². The van der Waals surface area contributed by atoms with Crippen molar-refractivity contribution in [2.24, 2.45) is 0 Å². The lowest BCUT2D eigenvalue weighted by molar-refractivity contribution is 0.0692. The second-order valence-corrected chi connectivity index (χ2v) is 6.03. The maximum absolute atomic E-state index is 13.9. The maximum atomic E-state index is 13.9. The van der Waals surface area contributed by atoms with E-state index in [1.807, 2.05) is 0 Å². The van der Waals surface area contributed by atoms with E-state index in [9.17, 15) is 14.3 Å². The van der Waals surface area contributed by atoms with Crippen LogP contribution in [0.2, 0.25) is 0 Å². The van der Waals surface area contributed by atoms with Crippen molar-refractivity contribution >= 4 is 11.8 Å². The van der Waals surface area contributed by atoms with Gasteiger partial charge in [-0.05, 0) is 37.8 Å². The molecule has 2 aromatic rings. The second kappa shape index (κ2) is 6.52. The Labute approximate surface area is 138 Å². The molecule has 1 fully saturated rings. The van der Waals surface area contributed by atoms with E-state index in [1.165, 1.54) is 12.1 Å². The smallest absolute Gasteiger partial charge is 0.338 e. The van der Waals surface area contributed by atoms with Gasteiger partial charge in [0.2, 0.25) is 0 Å². The van der Waals surface area contributed by atoms with Gasteiger partial charge in [0.1, 0.15) is 17.3 Å². The number of aromatic carboxylic acids is 1. The largest absolute Gasteiger partial charge is 0.478 e. The molecule has 0 amide bonds. The average Bonchev–Trinajstić information content (AvgIpc) is 2.55. The molecule has 1 saturated carbocycles. The summed E-state index contributed by atoms with van der Waals surface area (Å²) < 4.78 is 13.9. The first-order valence-corrected chi connectivity index (χ1v) is 7.79. The third-order valence-corrected chi connectivity index (χ3v) is 4.41. The third-order valence-electron chi connectivity index (χ3n) is 4.41. The molecule has 0 unspecified atom stereocenters. The zero-order valence-electron chi connectivity index (χ0n) is 12.9. The molecule has 24 heavy (non-hydrogen) atoms. The number of carboxylic acid groups (broad SMARTS) is 1. The number of aliphatic hydroxyl groups excluding tert-OH is 1. The Morgan fingerprint density at radius 3 is 2.58 bits per heavy atom. The highest BCUT2D eigenvalue weighted by atomic mass is 19.1. The van der Waals surface area contributed by atoms with Crippen molar-refractivity contribution in [3.8, 4) is 11.3 Å². The number of hydrogen-bond donors (Lipinski definition) is 3. The van der Waals surface area contributed by atoms with Crippen LogP contribution < -0.4 is 5.73 Å². The molecule has 1 heterocycles. The van der Waals surface area contributed by atoms with E-state index < -0.39 is 17.3 Å². The molecule has 4 N–H and O–H groups in total. The number of hydrogen-bond acceptors (Lipinski definition) is 5. The van der Waals surface area contributed by atoms with Crippen LogP contribution in [-0.4, -0.2) is 32.3 Å². The minimum atomic E-state index is -1.33. The molecular formula is C17H18FN3O3. The van der Waals surface area contributed by atoms with E-state index in [4.69, 9.17) is 10.8 Å². The Kier molecular flexibility index (Phi) is 4.44. The van der Waals surface area contributed by atoms with Gasteiger partial charge < -0.3 is 15.9 Å². The number of anilines is 1. The number of nitrogens with zero attached hydrogens (tertiary/aromatic N) is 2. The Morgan fingerprint density at radius 2 is 1.96 bits per heavy atom. The minimum absolute atomic E-state index is 0.164. The molecule has 0 saturated heterocycles. The Hall–Kier alpha value is -2.54. The van der Waals surface area contributed by atoms with E-state index in [-0.39, 0.29) is 17.8 Å². The summed E-state index contributed by atoms with van der Waals surface area (Å²) >= 11 is 0. The molecule has 7 heteroatoms. The monoisotopic (exact) mass is 331 g/mol. The Balaban J connectivity index is 1.94. The van der Waals surface area contributed by atoms with Gasteiger partial charge in [0.15, 0.2) is 0 Å². The van der Waals surface area contributed by atoms with E-state index in [0.717, 1.165) is 24.6 Å². The van der Waals surface area contributed by atoms with Crippen LogP contribution in [0.4, 0.5) is 10.2 Å². The molecule has 0 spiro atoms. The van der Waals surface area contributed by atoms with Crippen LogP contribution in [0.25, 0.3) is 11.3 Å². The van der Waals surface area contributed by atoms with Crippen LogP contribution in [-0.2, 0) is 0 Å². The van der Waals surface area contributed by atoms with E-state index in [1.54, 1.807) is 6.20 Å².